The number of aromatic nitrogens is 5. The van der Waals surface area contributed by atoms with Crippen LogP contribution < -0.4 is 0 Å². The molecule has 0 saturated carbocycles. The lowest BCUT2D eigenvalue weighted by Gasteiger charge is -2.18. The average Bonchev–Trinajstić information content (AvgIpc) is 3.67. The van der Waals surface area contributed by atoms with Gasteiger partial charge in [0.05, 0.1) is 23.3 Å². The lowest BCUT2D eigenvalue weighted by Crippen LogP contribution is -2.21. The zero-order valence-corrected chi connectivity index (χ0v) is 23.3. The van der Waals surface area contributed by atoms with Crippen molar-refractivity contribution >= 4 is 5.78 Å². The van der Waals surface area contributed by atoms with Gasteiger partial charge in [-0.15, -0.1) is 0 Å². The lowest BCUT2D eigenvalue weighted by molar-refractivity contribution is -0.119. The Hall–Kier alpha value is -4.43. The first-order valence-corrected chi connectivity index (χ1v) is 14.0. The van der Waals surface area contributed by atoms with Gasteiger partial charge in [0.1, 0.15) is 5.78 Å². The molecule has 7 nitrogen and oxygen atoms in total. The standard InChI is InChI=1S/C33H33FN6O/c1-23-31(40(28-11-7-4-8-12-28)37-33(23)27-18-36-38(2)20-27)17-29(41)15-26-21-39(19-24-9-5-3-6-10-24)22-30(26)25-13-14-35-32(34)16-25/h3-14,16,18,20,26,30H,15,17,19,21-22H2,1-2H3/t26-,30+/m1/s1. The first-order valence-electron chi connectivity index (χ1n) is 14.0. The molecule has 3 aromatic heterocycles. The summed E-state index contributed by atoms with van der Waals surface area (Å²) in [6, 6.07) is 23.6. The van der Waals surface area contributed by atoms with Crippen molar-refractivity contribution in [2.45, 2.75) is 32.2 Å². The van der Waals surface area contributed by atoms with Gasteiger partial charge in [-0.1, -0.05) is 48.5 Å². The van der Waals surface area contributed by atoms with Crippen LogP contribution in [0.25, 0.3) is 16.9 Å². The molecule has 2 aromatic carbocycles. The molecule has 1 aliphatic rings. The van der Waals surface area contributed by atoms with Crippen LogP contribution in [0.5, 0.6) is 0 Å². The number of pyridine rings is 1. The van der Waals surface area contributed by atoms with E-state index in [9.17, 15) is 9.18 Å². The molecule has 0 aliphatic carbocycles. The molecule has 4 heterocycles. The Morgan fingerprint density at radius 1 is 1.02 bits per heavy atom. The first-order chi connectivity index (χ1) is 19.9. The summed E-state index contributed by atoms with van der Waals surface area (Å²) in [5, 5.41) is 9.25. The number of Topliss-reactive ketones (excluding diaryl/α,β-unsaturated/α-hetero) is 1. The topological polar surface area (TPSA) is 68.8 Å². The number of likely N-dealkylation sites (tertiary alicyclic amines) is 1. The van der Waals surface area contributed by atoms with Gasteiger partial charge in [0, 0.05) is 63.4 Å². The fraction of sp³-hybridized carbons (Fsp3) is 0.273. The predicted molar refractivity (Wildman–Crippen MR) is 156 cm³/mol. The third-order valence-corrected chi connectivity index (χ3v) is 8.02. The van der Waals surface area contributed by atoms with Crippen molar-refractivity contribution in [2.24, 2.45) is 13.0 Å². The van der Waals surface area contributed by atoms with Crippen molar-refractivity contribution in [1.82, 2.24) is 29.4 Å². The number of hydrogen-bond acceptors (Lipinski definition) is 5. The minimum absolute atomic E-state index is 0.0475. The molecule has 208 valence electrons. The maximum atomic E-state index is 14.1. The van der Waals surface area contributed by atoms with Gasteiger partial charge in [0.2, 0.25) is 5.95 Å². The molecule has 0 amide bonds. The Bertz CT molecular complexity index is 1650. The molecule has 6 rings (SSSR count). The van der Waals surface area contributed by atoms with Gasteiger partial charge >= 0.3 is 0 Å². The highest BCUT2D eigenvalue weighted by Gasteiger charge is 2.35. The largest absolute Gasteiger partial charge is 0.299 e. The summed E-state index contributed by atoms with van der Waals surface area (Å²) in [5.41, 5.74) is 6.63. The molecule has 1 aliphatic heterocycles. The van der Waals surface area contributed by atoms with Gasteiger partial charge in [-0.25, -0.2) is 9.67 Å². The molecule has 8 heteroatoms. The van der Waals surface area contributed by atoms with E-state index < -0.39 is 5.95 Å². The quantitative estimate of drug-likeness (QED) is 0.227. The number of hydrogen-bond donors (Lipinski definition) is 0. The van der Waals surface area contributed by atoms with Gasteiger partial charge in [-0.3, -0.25) is 14.4 Å². The van der Waals surface area contributed by atoms with Gasteiger partial charge in [-0.05, 0) is 53.8 Å². The van der Waals surface area contributed by atoms with E-state index in [2.05, 4.69) is 27.1 Å². The monoisotopic (exact) mass is 548 g/mol. The third kappa shape index (κ3) is 5.88. The van der Waals surface area contributed by atoms with Crippen molar-refractivity contribution in [3.8, 4) is 16.9 Å². The fourth-order valence-corrected chi connectivity index (χ4v) is 6.05. The van der Waals surface area contributed by atoms with Crippen LogP contribution in [0.4, 0.5) is 4.39 Å². The lowest BCUT2D eigenvalue weighted by atomic mass is 9.85. The fourth-order valence-electron chi connectivity index (χ4n) is 6.05. The number of halogens is 1. The van der Waals surface area contributed by atoms with Crippen LogP contribution in [0.1, 0.15) is 34.7 Å². The number of para-hydroxylation sites is 1. The Labute approximate surface area is 239 Å². The van der Waals surface area contributed by atoms with E-state index in [1.165, 1.54) is 17.8 Å². The van der Waals surface area contributed by atoms with Crippen LogP contribution in [0.3, 0.4) is 0 Å². The molecule has 5 aromatic rings. The summed E-state index contributed by atoms with van der Waals surface area (Å²) >= 11 is 0. The second-order valence-corrected chi connectivity index (χ2v) is 10.9. The molecule has 1 fully saturated rings. The minimum Gasteiger partial charge on any atom is -0.299 e. The van der Waals surface area contributed by atoms with Crippen LogP contribution in [0.2, 0.25) is 0 Å². The van der Waals surface area contributed by atoms with Gasteiger partial charge in [0.15, 0.2) is 0 Å². The molecule has 0 radical (unpaired) electrons. The number of rotatable bonds is 9. The number of nitrogens with zero attached hydrogens (tertiary/aromatic N) is 6. The van der Waals surface area contributed by atoms with Gasteiger partial charge in [-0.2, -0.15) is 14.6 Å². The van der Waals surface area contributed by atoms with E-state index in [4.69, 9.17) is 5.10 Å². The summed E-state index contributed by atoms with van der Waals surface area (Å²) in [5.74, 6) is -0.223. The molecule has 2 atom stereocenters. The van der Waals surface area contributed by atoms with E-state index in [-0.39, 0.29) is 24.0 Å². The van der Waals surface area contributed by atoms with Crippen molar-refractivity contribution < 1.29 is 9.18 Å². The Kier molecular flexibility index (Phi) is 7.57. The number of carbonyl (C=O) groups excluding carboxylic acids is 1. The summed E-state index contributed by atoms with van der Waals surface area (Å²) in [6.45, 7) is 4.36. The van der Waals surface area contributed by atoms with E-state index in [1.54, 1.807) is 10.9 Å². The highest BCUT2D eigenvalue weighted by Crippen LogP contribution is 2.36. The first kappa shape index (κ1) is 26.8. The number of carbonyl (C=O) groups is 1. The Morgan fingerprint density at radius 3 is 2.49 bits per heavy atom. The van der Waals surface area contributed by atoms with Crippen LogP contribution in [-0.4, -0.2) is 48.3 Å². The van der Waals surface area contributed by atoms with Crippen LogP contribution in [0.15, 0.2) is 91.4 Å². The number of ketones is 1. The molecule has 0 spiro atoms. The normalized spacial score (nSPS) is 17.2. The second kappa shape index (κ2) is 11.6. The van der Waals surface area contributed by atoms with Gasteiger partial charge in [0.25, 0.3) is 0 Å². The van der Waals surface area contributed by atoms with E-state index >= 15 is 0 Å². The van der Waals surface area contributed by atoms with Crippen molar-refractivity contribution in [3.05, 3.63) is 120 Å². The summed E-state index contributed by atoms with van der Waals surface area (Å²) in [4.78, 5) is 19.9. The maximum absolute atomic E-state index is 14.1. The van der Waals surface area contributed by atoms with Gasteiger partial charge < -0.3 is 0 Å². The van der Waals surface area contributed by atoms with E-state index in [0.29, 0.717) is 6.42 Å². The highest BCUT2D eigenvalue weighted by atomic mass is 19.1. The smallest absolute Gasteiger partial charge is 0.213 e. The summed E-state index contributed by atoms with van der Waals surface area (Å²) < 4.78 is 17.8. The van der Waals surface area contributed by atoms with Crippen LogP contribution in [-0.2, 0) is 24.8 Å². The number of benzene rings is 2. The molecular weight excluding hydrogens is 515 g/mol. The minimum atomic E-state index is -0.487. The molecule has 41 heavy (non-hydrogen) atoms. The molecular formula is C33H33FN6O. The summed E-state index contributed by atoms with van der Waals surface area (Å²) in [7, 11) is 1.88. The zero-order valence-electron chi connectivity index (χ0n) is 23.3. The van der Waals surface area contributed by atoms with E-state index in [1.807, 2.05) is 79.4 Å². The second-order valence-electron chi connectivity index (χ2n) is 10.9. The highest BCUT2D eigenvalue weighted by molar-refractivity contribution is 5.82. The predicted octanol–water partition coefficient (Wildman–Crippen LogP) is 5.53. The summed E-state index contributed by atoms with van der Waals surface area (Å²) in [6.07, 6.45) is 5.93. The molecule has 1 saturated heterocycles. The van der Waals surface area contributed by atoms with Crippen LogP contribution >= 0.6 is 0 Å². The number of aryl methyl sites for hydroxylation is 1. The SMILES string of the molecule is Cc1c(-c2cnn(C)c2)nn(-c2ccccc2)c1CC(=O)C[C@@H]1CN(Cc2ccccc2)C[C@H]1c1ccnc(F)c1. The molecule has 0 N–H and O–H groups in total. The van der Waals surface area contributed by atoms with Crippen LogP contribution in [0, 0.1) is 18.8 Å². The Balaban J connectivity index is 1.27. The third-order valence-electron chi connectivity index (χ3n) is 8.02. The van der Waals surface area contributed by atoms with Crippen molar-refractivity contribution in [1.29, 1.82) is 0 Å². The zero-order chi connectivity index (χ0) is 28.3. The Morgan fingerprint density at radius 2 is 1.78 bits per heavy atom. The average molecular weight is 549 g/mol. The molecule has 0 unspecified atom stereocenters. The van der Waals surface area contributed by atoms with E-state index in [0.717, 1.165) is 53.4 Å². The van der Waals surface area contributed by atoms with Crippen molar-refractivity contribution in [2.75, 3.05) is 13.1 Å². The maximum Gasteiger partial charge on any atom is 0.213 e. The molecule has 0 bridgehead atoms. The van der Waals surface area contributed by atoms with Crippen molar-refractivity contribution in [3.63, 3.8) is 0 Å².